The number of fused-ring (bicyclic) bond motifs is 1. The Bertz CT molecular complexity index is 351. The lowest BCUT2D eigenvalue weighted by Crippen LogP contribution is -2.33. The Hall–Kier alpha value is -1.16. The third-order valence-electron chi connectivity index (χ3n) is 2.60. The highest BCUT2D eigenvalue weighted by Gasteiger charge is 2.20. The summed E-state index contributed by atoms with van der Waals surface area (Å²) in [6.45, 7) is 0. The summed E-state index contributed by atoms with van der Waals surface area (Å²) in [6, 6.07) is 8.97. The molecule has 80 valence electrons. The maximum Gasteiger partial charge on any atom is 0.177 e. The summed E-state index contributed by atoms with van der Waals surface area (Å²) < 4.78 is 0. The normalized spacial score (nSPS) is 16.3. The molecule has 0 amide bonds. The number of hydrazone groups is 1. The average Bonchev–Trinajstić information content (AvgIpc) is 2.59. The van der Waals surface area contributed by atoms with Gasteiger partial charge in [0.2, 0.25) is 0 Å². The summed E-state index contributed by atoms with van der Waals surface area (Å²) >= 11 is 4.24. The van der Waals surface area contributed by atoms with E-state index in [1.54, 1.807) is 7.05 Å². The molecular weight excluding hydrogens is 206 g/mol. The molecule has 0 saturated heterocycles. The highest BCUT2D eigenvalue weighted by atomic mass is 32.1. The van der Waals surface area contributed by atoms with E-state index < -0.39 is 0 Å². The topological polar surface area (TPSA) is 36.4 Å². The van der Waals surface area contributed by atoms with Crippen LogP contribution >= 0.6 is 12.6 Å². The summed E-state index contributed by atoms with van der Waals surface area (Å²) in [5, 5.41) is 7.90. The van der Waals surface area contributed by atoms with Gasteiger partial charge in [0.25, 0.3) is 0 Å². The monoisotopic (exact) mass is 221 g/mol. The van der Waals surface area contributed by atoms with E-state index in [0.29, 0.717) is 11.2 Å². The van der Waals surface area contributed by atoms with E-state index >= 15 is 0 Å². The summed E-state index contributed by atoms with van der Waals surface area (Å²) in [4.78, 5) is 0. The van der Waals surface area contributed by atoms with Crippen molar-refractivity contribution in [2.75, 3.05) is 7.05 Å². The molecule has 0 bridgehead atoms. The first-order chi connectivity index (χ1) is 7.29. The zero-order valence-electron chi connectivity index (χ0n) is 8.70. The van der Waals surface area contributed by atoms with Gasteiger partial charge in [-0.15, -0.1) is 12.6 Å². The number of nitrogens with one attached hydrogen (secondary N) is 2. The van der Waals surface area contributed by atoms with E-state index in [2.05, 4.69) is 52.7 Å². The smallest absolute Gasteiger partial charge is 0.177 e. The second-order valence-corrected chi connectivity index (χ2v) is 4.10. The van der Waals surface area contributed by atoms with Gasteiger partial charge < -0.3 is 10.7 Å². The predicted molar refractivity (Wildman–Crippen MR) is 66.3 cm³/mol. The SMILES string of the molecule is CN/N=C(\S)NC1Cc2ccccc2C1. The Labute approximate surface area is 95.4 Å². The standard InChI is InChI=1S/C11H15N3S/c1-12-14-11(15)13-10-6-8-4-2-3-5-9(8)7-10/h2-5,10,12H,6-7H2,1H3,(H2,13,14,15). The Morgan fingerprint density at radius 1 is 1.33 bits per heavy atom. The van der Waals surface area contributed by atoms with Crippen molar-refractivity contribution < 1.29 is 0 Å². The molecule has 1 aliphatic carbocycles. The molecule has 0 heterocycles. The van der Waals surface area contributed by atoms with E-state index in [-0.39, 0.29) is 0 Å². The van der Waals surface area contributed by atoms with Crippen LogP contribution < -0.4 is 10.7 Å². The van der Waals surface area contributed by atoms with Gasteiger partial charge in [-0.1, -0.05) is 24.3 Å². The van der Waals surface area contributed by atoms with Crippen LogP contribution in [0.25, 0.3) is 0 Å². The largest absolute Gasteiger partial charge is 0.360 e. The minimum Gasteiger partial charge on any atom is -0.360 e. The average molecular weight is 221 g/mol. The molecule has 3 nitrogen and oxygen atoms in total. The van der Waals surface area contributed by atoms with Gasteiger partial charge >= 0.3 is 0 Å². The molecule has 2 N–H and O–H groups in total. The van der Waals surface area contributed by atoms with Gasteiger partial charge in [-0.05, 0) is 24.0 Å². The maximum absolute atomic E-state index is 4.24. The van der Waals surface area contributed by atoms with Crippen LogP contribution in [0.1, 0.15) is 11.1 Å². The molecule has 1 aliphatic rings. The van der Waals surface area contributed by atoms with E-state index in [9.17, 15) is 0 Å². The van der Waals surface area contributed by atoms with Gasteiger partial charge in [0.1, 0.15) is 0 Å². The highest BCUT2D eigenvalue weighted by Crippen LogP contribution is 2.21. The van der Waals surface area contributed by atoms with Crippen LogP contribution in [0, 0.1) is 0 Å². The summed E-state index contributed by atoms with van der Waals surface area (Å²) in [5.41, 5.74) is 5.57. The number of rotatable bonds is 2. The first-order valence-electron chi connectivity index (χ1n) is 5.06. The molecule has 0 unspecified atom stereocenters. The number of hydrogen-bond donors (Lipinski definition) is 3. The van der Waals surface area contributed by atoms with Crippen LogP contribution in [-0.2, 0) is 12.8 Å². The summed E-state index contributed by atoms with van der Waals surface area (Å²) in [7, 11) is 1.77. The highest BCUT2D eigenvalue weighted by molar-refractivity contribution is 7.96. The number of nitrogens with zero attached hydrogens (tertiary/aromatic N) is 1. The van der Waals surface area contributed by atoms with Crippen LogP contribution in [-0.4, -0.2) is 18.3 Å². The lowest BCUT2D eigenvalue weighted by molar-refractivity contribution is 0.645. The first-order valence-corrected chi connectivity index (χ1v) is 5.51. The molecule has 4 heteroatoms. The molecule has 0 radical (unpaired) electrons. The number of hydrogen-bond acceptors (Lipinski definition) is 2. The van der Waals surface area contributed by atoms with Crippen molar-refractivity contribution in [1.82, 2.24) is 10.7 Å². The van der Waals surface area contributed by atoms with Gasteiger partial charge in [-0.3, -0.25) is 0 Å². The molecule has 0 aromatic heterocycles. The van der Waals surface area contributed by atoms with Crippen molar-refractivity contribution in [3.8, 4) is 0 Å². The van der Waals surface area contributed by atoms with Crippen molar-refractivity contribution in [2.45, 2.75) is 18.9 Å². The van der Waals surface area contributed by atoms with Crippen molar-refractivity contribution in [3.05, 3.63) is 35.4 Å². The van der Waals surface area contributed by atoms with Gasteiger partial charge in [0.05, 0.1) is 0 Å². The summed E-state index contributed by atoms with van der Waals surface area (Å²) in [6.07, 6.45) is 2.11. The van der Waals surface area contributed by atoms with Gasteiger partial charge in [-0.2, -0.15) is 5.10 Å². The van der Waals surface area contributed by atoms with Crippen molar-refractivity contribution in [1.29, 1.82) is 0 Å². The molecule has 15 heavy (non-hydrogen) atoms. The van der Waals surface area contributed by atoms with Gasteiger partial charge in [0, 0.05) is 13.1 Å². The second kappa shape index (κ2) is 4.57. The number of thiol groups is 1. The van der Waals surface area contributed by atoms with E-state index in [1.165, 1.54) is 11.1 Å². The first kappa shape index (κ1) is 10.4. The van der Waals surface area contributed by atoms with Crippen molar-refractivity contribution in [2.24, 2.45) is 5.10 Å². The van der Waals surface area contributed by atoms with E-state index in [4.69, 9.17) is 0 Å². The number of benzene rings is 1. The van der Waals surface area contributed by atoms with Gasteiger partial charge in [0.15, 0.2) is 5.17 Å². The quantitative estimate of drug-likeness (QED) is 0.303. The molecule has 1 aromatic rings. The van der Waals surface area contributed by atoms with E-state index in [0.717, 1.165) is 12.8 Å². The fraction of sp³-hybridized carbons (Fsp3) is 0.364. The molecule has 0 spiro atoms. The number of amidine groups is 1. The maximum atomic E-state index is 4.24. The molecule has 0 aliphatic heterocycles. The van der Waals surface area contributed by atoms with Gasteiger partial charge in [-0.25, -0.2) is 0 Å². The molecule has 1 aromatic carbocycles. The zero-order chi connectivity index (χ0) is 10.7. The Balaban J connectivity index is 1.99. The van der Waals surface area contributed by atoms with Crippen molar-refractivity contribution in [3.63, 3.8) is 0 Å². The third-order valence-corrected chi connectivity index (χ3v) is 2.83. The zero-order valence-corrected chi connectivity index (χ0v) is 9.59. The lowest BCUT2D eigenvalue weighted by atomic mass is 10.1. The molecule has 0 saturated carbocycles. The molecular formula is C11H15N3S. The molecule has 0 atom stereocenters. The Morgan fingerprint density at radius 2 is 1.93 bits per heavy atom. The molecule has 2 rings (SSSR count). The Kier molecular flexibility index (Phi) is 3.16. The van der Waals surface area contributed by atoms with Crippen LogP contribution in [0.4, 0.5) is 0 Å². The fourth-order valence-corrected chi connectivity index (χ4v) is 2.26. The van der Waals surface area contributed by atoms with Crippen LogP contribution in [0.5, 0.6) is 0 Å². The summed E-state index contributed by atoms with van der Waals surface area (Å²) in [5.74, 6) is 0. The van der Waals surface area contributed by atoms with Crippen molar-refractivity contribution >= 4 is 17.8 Å². The third kappa shape index (κ3) is 2.45. The van der Waals surface area contributed by atoms with Crippen LogP contribution in [0.3, 0.4) is 0 Å². The fourth-order valence-electron chi connectivity index (χ4n) is 1.98. The van der Waals surface area contributed by atoms with Crippen LogP contribution in [0.15, 0.2) is 29.4 Å². The minimum absolute atomic E-state index is 0.423. The molecule has 0 fully saturated rings. The van der Waals surface area contributed by atoms with Crippen LogP contribution in [0.2, 0.25) is 0 Å². The minimum atomic E-state index is 0.423. The Morgan fingerprint density at radius 3 is 2.47 bits per heavy atom. The van der Waals surface area contributed by atoms with E-state index in [1.807, 2.05) is 0 Å². The lowest BCUT2D eigenvalue weighted by Gasteiger charge is -2.11. The predicted octanol–water partition coefficient (Wildman–Crippen LogP) is 1.16. The second-order valence-electron chi connectivity index (χ2n) is 3.68.